The van der Waals surface area contributed by atoms with Crippen LogP contribution in [0.1, 0.15) is 37.1 Å². The zero-order valence-corrected chi connectivity index (χ0v) is 14.9. The van der Waals surface area contributed by atoms with Gasteiger partial charge in [0.1, 0.15) is 0 Å². The molecule has 0 atom stereocenters. The lowest BCUT2D eigenvalue weighted by atomic mass is 10.1. The van der Waals surface area contributed by atoms with E-state index >= 15 is 0 Å². The van der Waals surface area contributed by atoms with Gasteiger partial charge in [0.25, 0.3) is 0 Å². The molecule has 24 heavy (non-hydrogen) atoms. The quantitative estimate of drug-likeness (QED) is 0.866. The van der Waals surface area contributed by atoms with Crippen molar-refractivity contribution in [2.24, 2.45) is 0 Å². The SMILES string of the molecule is CS(=O)(=O)N1CCCn2nc(CNC(=O)N3CCCCC3)cc2C1. The summed E-state index contributed by atoms with van der Waals surface area (Å²) >= 11 is 0. The summed E-state index contributed by atoms with van der Waals surface area (Å²) in [6.07, 6.45) is 5.29. The van der Waals surface area contributed by atoms with Crippen LogP contribution < -0.4 is 5.32 Å². The lowest BCUT2D eigenvalue weighted by Crippen LogP contribution is -2.42. The maximum Gasteiger partial charge on any atom is 0.317 e. The van der Waals surface area contributed by atoms with Crippen molar-refractivity contribution in [2.45, 2.75) is 45.3 Å². The Bertz CT molecular complexity index is 694. The summed E-state index contributed by atoms with van der Waals surface area (Å²) in [6.45, 7) is 3.55. The van der Waals surface area contributed by atoms with Gasteiger partial charge in [-0.3, -0.25) is 4.68 Å². The van der Waals surface area contributed by atoms with Crippen LogP contribution in [-0.2, 0) is 29.7 Å². The van der Waals surface area contributed by atoms with Gasteiger partial charge in [0.15, 0.2) is 0 Å². The average Bonchev–Trinajstić information content (AvgIpc) is 2.82. The number of hydrogen-bond acceptors (Lipinski definition) is 4. The zero-order chi connectivity index (χ0) is 17.2. The summed E-state index contributed by atoms with van der Waals surface area (Å²) in [6, 6.07) is 1.84. The van der Waals surface area contributed by atoms with Gasteiger partial charge < -0.3 is 10.2 Å². The number of aromatic nitrogens is 2. The Morgan fingerprint density at radius 2 is 1.92 bits per heavy atom. The van der Waals surface area contributed by atoms with Crippen LogP contribution in [0.3, 0.4) is 0 Å². The second-order valence-corrected chi connectivity index (χ2v) is 8.49. The number of hydrogen-bond donors (Lipinski definition) is 1. The van der Waals surface area contributed by atoms with E-state index < -0.39 is 10.0 Å². The highest BCUT2D eigenvalue weighted by Gasteiger charge is 2.23. The van der Waals surface area contributed by atoms with Crippen molar-refractivity contribution in [2.75, 3.05) is 25.9 Å². The summed E-state index contributed by atoms with van der Waals surface area (Å²) in [4.78, 5) is 14.0. The Kier molecular flexibility index (Phi) is 5.09. The first-order chi connectivity index (χ1) is 11.4. The molecule has 0 aliphatic carbocycles. The number of fused-ring (bicyclic) bond motifs is 1. The maximum atomic E-state index is 12.1. The van der Waals surface area contributed by atoms with Crippen LogP contribution in [0.4, 0.5) is 4.79 Å². The zero-order valence-electron chi connectivity index (χ0n) is 14.1. The lowest BCUT2D eigenvalue weighted by molar-refractivity contribution is 0.186. The van der Waals surface area contributed by atoms with Crippen LogP contribution in [0.5, 0.6) is 0 Å². The van der Waals surface area contributed by atoms with E-state index in [1.165, 1.54) is 17.0 Å². The van der Waals surface area contributed by atoms with E-state index in [4.69, 9.17) is 0 Å². The van der Waals surface area contributed by atoms with Gasteiger partial charge in [0.05, 0.1) is 30.7 Å². The molecule has 2 amide bonds. The van der Waals surface area contributed by atoms with E-state index in [0.717, 1.165) is 43.7 Å². The molecule has 1 N–H and O–H groups in total. The minimum absolute atomic E-state index is 0.0457. The molecule has 1 aromatic heterocycles. The minimum Gasteiger partial charge on any atom is -0.332 e. The van der Waals surface area contributed by atoms with Crippen molar-refractivity contribution in [3.8, 4) is 0 Å². The van der Waals surface area contributed by atoms with E-state index in [1.807, 2.05) is 15.6 Å². The molecular formula is C15H25N5O3S. The van der Waals surface area contributed by atoms with Gasteiger partial charge in [-0.2, -0.15) is 9.40 Å². The normalized spacial score (nSPS) is 19.6. The largest absolute Gasteiger partial charge is 0.332 e. The van der Waals surface area contributed by atoms with E-state index in [9.17, 15) is 13.2 Å². The van der Waals surface area contributed by atoms with Crippen LogP contribution in [0.25, 0.3) is 0 Å². The summed E-state index contributed by atoms with van der Waals surface area (Å²) < 4.78 is 26.9. The third-order valence-electron chi connectivity index (χ3n) is 4.56. The standard InChI is InChI=1S/C15H25N5O3S/c1-24(22,23)19-8-5-9-20-14(12-19)10-13(17-20)11-16-15(21)18-6-3-2-4-7-18/h10H,2-9,11-12H2,1H3,(H,16,21). The van der Waals surface area contributed by atoms with Gasteiger partial charge in [-0.15, -0.1) is 0 Å². The molecule has 0 aromatic carbocycles. The highest BCUT2D eigenvalue weighted by atomic mass is 32.2. The predicted molar refractivity (Wildman–Crippen MR) is 89.8 cm³/mol. The van der Waals surface area contributed by atoms with Crippen molar-refractivity contribution in [3.63, 3.8) is 0 Å². The van der Waals surface area contributed by atoms with E-state index in [0.29, 0.717) is 26.2 Å². The first-order valence-electron chi connectivity index (χ1n) is 8.47. The molecule has 0 saturated carbocycles. The van der Waals surface area contributed by atoms with Crippen LogP contribution >= 0.6 is 0 Å². The molecule has 8 nitrogen and oxygen atoms in total. The van der Waals surface area contributed by atoms with Crippen molar-refractivity contribution in [3.05, 3.63) is 17.5 Å². The fourth-order valence-corrected chi connectivity index (χ4v) is 4.06. The molecule has 9 heteroatoms. The monoisotopic (exact) mass is 355 g/mol. The highest BCUT2D eigenvalue weighted by Crippen LogP contribution is 2.16. The Labute approximate surface area is 142 Å². The minimum atomic E-state index is -3.21. The molecule has 0 bridgehead atoms. The fourth-order valence-electron chi connectivity index (χ4n) is 3.24. The van der Waals surface area contributed by atoms with Crippen LogP contribution in [0, 0.1) is 0 Å². The molecule has 2 aliphatic heterocycles. The smallest absolute Gasteiger partial charge is 0.317 e. The van der Waals surface area contributed by atoms with Crippen LogP contribution in [-0.4, -0.2) is 59.3 Å². The fraction of sp³-hybridized carbons (Fsp3) is 0.733. The molecule has 3 rings (SSSR count). The molecule has 2 aliphatic rings. The topological polar surface area (TPSA) is 87.5 Å². The Balaban J connectivity index is 1.61. The van der Waals surface area contributed by atoms with Crippen molar-refractivity contribution >= 4 is 16.1 Å². The number of rotatable bonds is 3. The number of piperidine rings is 1. The number of nitrogens with zero attached hydrogens (tertiary/aromatic N) is 4. The van der Waals surface area contributed by atoms with Crippen molar-refractivity contribution < 1.29 is 13.2 Å². The number of carbonyl (C=O) groups excluding carboxylic acids is 1. The summed E-state index contributed by atoms with van der Waals surface area (Å²) in [5, 5.41) is 7.42. The third kappa shape index (κ3) is 4.07. The number of carbonyl (C=O) groups is 1. The molecule has 0 radical (unpaired) electrons. The number of amides is 2. The van der Waals surface area contributed by atoms with Gasteiger partial charge in [0.2, 0.25) is 10.0 Å². The van der Waals surface area contributed by atoms with Crippen molar-refractivity contribution in [1.29, 1.82) is 0 Å². The highest BCUT2D eigenvalue weighted by molar-refractivity contribution is 7.88. The second-order valence-electron chi connectivity index (χ2n) is 6.51. The van der Waals surface area contributed by atoms with Crippen LogP contribution in [0.15, 0.2) is 6.07 Å². The second kappa shape index (κ2) is 7.10. The number of nitrogens with one attached hydrogen (secondary N) is 1. The van der Waals surface area contributed by atoms with E-state index in [2.05, 4.69) is 10.4 Å². The molecule has 0 spiro atoms. The van der Waals surface area contributed by atoms with Gasteiger partial charge in [0, 0.05) is 26.2 Å². The molecule has 134 valence electrons. The summed E-state index contributed by atoms with van der Waals surface area (Å²) in [7, 11) is -3.21. The average molecular weight is 355 g/mol. The lowest BCUT2D eigenvalue weighted by Gasteiger charge is -2.26. The molecule has 1 fully saturated rings. The van der Waals surface area contributed by atoms with E-state index in [-0.39, 0.29) is 6.03 Å². The molecule has 1 saturated heterocycles. The number of likely N-dealkylation sites (tertiary alicyclic amines) is 1. The Morgan fingerprint density at radius 3 is 2.62 bits per heavy atom. The maximum absolute atomic E-state index is 12.1. The molecular weight excluding hydrogens is 330 g/mol. The first-order valence-corrected chi connectivity index (χ1v) is 10.3. The Morgan fingerprint density at radius 1 is 1.17 bits per heavy atom. The van der Waals surface area contributed by atoms with Gasteiger partial charge in [-0.05, 0) is 31.7 Å². The summed E-state index contributed by atoms with van der Waals surface area (Å²) in [5.74, 6) is 0. The Hall–Kier alpha value is -1.61. The summed E-state index contributed by atoms with van der Waals surface area (Å²) in [5.41, 5.74) is 1.64. The van der Waals surface area contributed by atoms with Crippen molar-refractivity contribution in [1.82, 2.24) is 24.3 Å². The van der Waals surface area contributed by atoms with Crippen LogP contribution in [0.2, 0.25) is 0 Å². The predicted octanol–water partition coefficient (Wildman–Crippen LogP) is 0.744. The van der Waals surface area contributed by atoms with Gasteiger partial charge in [-0.25, -0.2) is 13.2 Å². The number of sulfonamides is 1. The van der Waals surface area contributed by atoms with E-state index in [1.54, 1.807) is 0 Å². The number of aryl methyl sites for hydroxylation is 1. The molecule has 3 heterocycles. The first kappa shape index (κ1) is 17.2. The molecule has 0 unspecified atom stereocenters. The molecule has 1 aromatic rings. The van der Waals surface area contributed by atoms with Gasteiger partial charge in [-0.1, -0.05) is 0 Å². The third-order valence-corrected chi connectivity index (χ3v) is 5.81. The number of urea groups is 1. The van der Waals surface area contributed by atoms with Gasteiger partial charge >= 0.3 is 6.03 Å².